The van der Waals surface area contributed by atoms with Crippen LogP contribution in [-0.2, 0) is 17.3 Å². The molecule has 1 aliphatic heterocycles. The van der Waals surface area contributed by atoms with Gasteiger partial charge in [-0.25, -0.2) is 14.2 Å². The summed E-state index contributed by atoms with van der Waals surface area (Å²) in [5, 5.41) is 6.77. The third-order valence-electron chi connectivity index (χ3n) is 6.15. The number of amides is 2. The van der Waals surface area contributed by atoms with E-state index < -0.39 is 35.7 Å². The lowest BCUT2D eigenvalue weighted by Crippen LogP contribution is -2.39. The molecule has 1 N–H and O–H groups in total. The molecule has 1 saturated heterocycles. The summed E-state index contributed by atoms with van der Waals surface area (Å²) in [6.07, 6.45) is -4.91. The molecule has 1 aliphatic rings. The van der Waals surface area contributed by atoms with Crippen LogP contribution in [0.4, 0.5) is 28.0 Å². The number of amidine groups is 1. The van der Waals surface area contributed by atoms with E-state index in [-0.39, 0.29) is 47.3 Å². The second kappa shape index (κ2) is 12.3. The lowest BCUT2D eigenvalue weighted by atomic mass is 10.0. The van der Waals surface area contributed by atoms with Gasteiger partial charge in [-0.2, -0.15) is 18.3 Å². The minimum Gasteiger partial charge on any atom is -0.453 e. The molecule has 14 heteroatoms. The summed E-state index contributed by atoms with van der Waals surface area (Å²) in [6.45, 7) is 0.512. The molecule has 1 fully saturated rings. The molecule has 0 saturated carbocycles. The number of nitrogens with zero attached hydrogens (tertiary/aromatic N) is 4. The Balaban J connectivity index is 1.70. The van der Waals surface area contributed by atoms with Gasteiger partial charge in [-0.15, -0.1) is 0 Å². The number of hydrogen-bond acceptors (Lipinski definition) is 5. The molecule has 0 spiro atoms. The highest BCUT2D eigenvalue weighted by Gasteiger charge is 2.36. The minimum atomic E-state index is -4.73. The number of likely N-dealkylation sites (tertiary alicyclic amines) is 1. The van der Waals surface area contributed by atoms with Crippen LogP contribution in [0.1, 0.15) is 40.6 Å². The average molecular weight is 600 g/mol. The van der Waals surface area contributed by atoms with Crippen LogP contribution in [0.5, 0.6) is 0 Å². The maximum atomic E-state index is 14.0. The highest BCUT2D eigenvalue weighted by Crippen LogP contribution is 2.32. The van der Waals surface area contributed by atoms with Crippen molar-refractivity contribution in [1.82, 2.24) is 20.0 Å². The molecule has 0 bridgehead atoms. The van der Waals surface area contributed by atoms with Crippen LogP contribution < -0.4 is 5.32 Å². The summed E-state index contributed by atoms with van der Waals surface area (Å²) in [7, 11) is 1.25. The summed E-state index contributed by atoms with van der Waals surface area (Å²) in [5.74, 6) is -1.39. The van der Waals surface area contributed by atoms with Crippen molar-refractivity contribution in [3.63, 3.8) is 0 Å². The maximum absolute atomic E-state index is 14.0. The number of aromatic nitrogens is 2. The van der Waals surface area contributed by atoms with Crippen LogP contribution in [0.15, 0.2) is 53.5 Å². The molecule has 0 aliphatic carbocycles. The van der Waals surface area contributed by atoms with Crippen LogP contribution in [0.3, 0.4) is 0 Å². The van der Waals surface area contributed by atoms with Crippen LogP contribution in [-0.4, -0.2) is 52.7 Å². The zero-order valence-electron chi connectivity index (χ0n) is 21.0. The topological polar surface area (TPSA) is 88.8 Å². The Bertz CT molecular complexity index is 1420. The number of benzene rings is 2. The van der Waals surface area contributed by atoms with Gasteiger partial charge >= 0.3 is 12.3 Å². The van der Waals surface area contributed by atoms with Gasteiger partial charge in [-0.05, 0) is 55.3 Å². The maximum Gasteiger partial charge on any atom is 0.435 e. The monoisotopic (exact) mass is 599 g/mol. The number of methoxy groups -OCH3 is 1. The molecular weight excluding hydrogens is 577 g/mol. The van der Waals surface area contributed by atoms with Crippen LogP contribution >= 0.6 is 23.2 Å². The highest BCUT2D eigenvalue weighted by molar-refractivity contribution is 6.31. The van der Waals surface area contributed by atoms with Gasteiger partial charge in [0.05, 0.1) is 18.8 Å². The van der Waals surface area contributed by atoms with Crippen molar-refractivity contribution in [2.45, 2.75) is 31.5 Å². The average Bonchev–Trinajstić information content (AvgIpc) is 3.32. The van der Waals surface area contributed by atoms with Crippen LogP contribution in [0, 0.1) is 5.82 Å². The van der Waals surface area contributed by atoms with Crippen LogP contribution in [0.2, 0.25) is 10.0 Å². The van der Waals surface area contributed by atoms with Crippen LogP contribution in [0.25, 0.3) is 0 Å². The van der Waals surface area contributed by atoms with E-state index in [9.17, 15) is 27.2 Å². The van der Waals surface area contributed by atoms with Crippen molar-refractivity contribution in [3.05, 3.63) is 81.3 Å². The molecule has 2 aromatic carbocycles. The van der Waals surface area contributed by atoms with Gasteiger partial charge in [0.15, 0.2) is 5.69 Å². The Labute approximate surface area is 236 Å². The number of aliphatic imine (C=N–C) groups is 1. The van der Waals surface area contributed by atoms with E-state index in [1.54, 1.807) is 12.1 Å². The first kappa shape index (κ1) is 29.3. The van der Waals surface area contributed by atoms with Crippen molar-refractivity contribution in [2.24, 2.45) is 4.99 Å². The van der Waals surface area contributed by atoms with Gasteiger partial charge in [0.2, 0.25) is 0 Å². The second-order valence-electron chi connectivity index (χ2n) is 8.98. The molecular formula is C26H23Cl2F4N5O3. The number of piperidine rings is 1. The number of rotatable bonds is 5. The van der Waals surface area contributed by atoms with Crippen molar-refractivity contribution in [1.29, 1.82) is 0 Å². The number of carbonyl (C=O) groups is 2. The van der Waals surface area contributed by atoms with Crippen molar-refractivity contribution in [3.8, 4) is 0 Å². The third-order valence-corrected chi connectivity index (χ3v) is 6.60. The SMILES string of the molecule is COC(=O)N1CCC(n2nc(C(F)(F)F)cc2CC(=Nc2cc(F)cc(Cl)c2)NC(=O)c2cccc(Cl)c2)CC1. The predicted molar refractivity (Wildman–Crippen MR) is 141 cm³/mol. The number of carbonyl (C=O) groups excluding carboxylic acids is 2. The first-order chi connectivity index (χ1) is 18.9. The van der Waals surface area contributed by atoms with E-state index in [0.29, 0.717) is 17.9 Å². The lowest BCUT2D eigenvalue weighted by molar-refractivity contribution is -0.141. The summed E-state index contributed by atoms with van der Waals surface area (Å²) < 4.78 is 61.0. The van der Waals surface area contributed by atoms with Crippen molar-refractivity contribution < 1.29 is 31.9 Å². The fourth-order valence-electron chi connectivity index (χ4n) is 4.32. The number of halogens is 6. The smallest absolute Gasteiger partial charge is 0.435 e. The molecule has 1 aromatic heterocycles. The van der Waals surface area contributed by atoms with E-state index in [2.05, 4.69) is 15.4 Å². The lowest BCUT2D eigenvalue weighted by Gasteiger charge is -2.31. The summed E-state index contributed by atoms with van der Waals surface area (Å²) >= 11 is 11.9. The molecule has 4 rings (SSSR count). The third kappa shape index (κ3) is 7.30. The first-order valence-corrected chi connectivity index (χ1v) is 12.8. The predicted octanol–water partition coefficient (Wildman–Crippen LogP) is 6.45. The Morgan fingerprint density at radius 3 is 2.45 bits per heavy atom. The Kier molecular flexibility index (Phi) is 8.99. The Morgan fingerprint density at radius 1 is 1.10 bits per heavy atom. The molecule has 2 amide bonds. The molecule has 8 nitrogen and oxygen atoms in total. The standard InChI is InChI=1S/C26H23Cl2F4N5O3/c1-40-25(39)36-7-5-20(6-8-36)37-21(13-22(35-37)26(30,31)32)14-23(33-19-11-17(28)10-18(29)12-19)34-24(38)15-3-2-4-16(27)9-15/h2-4,9-13,20H,5-8,14H2,1H3,(H,33,34,38). The van der Waals surface area contributed by atoms with Gasteiger partial charge in [0.25, 0.3) is 5.91 Å². The molecule has 0 unspecified atom stereocenters. The second-order valence-corrected chi connectivity index (χ2v) is 9.85. The molecule has 3 aromatic rings. The van der Waals surface area contributed by atoms with E-state index in [0.717, 1.165) is 18.2 Å². The largest absolute Gasteiger partial charge is 0.453 e. The fourth-order valence-corrected chi connectivity index (χ4v) is 4.72. The number of alkyl halides is 3. The number of nitrogens with one attached hydrogen (secondary N) is 1. The quantitative estimate of drug-likeness (QED) is 0.207. The fraction of sp³-hybridized carbons (Fsp3) is 0.308. The van der Waals surface area contributed by atoms with Gasteiger partial charge in [-0.1, -0.05) is 29.3 Å². The summed E-state index contributed by atoms with van der Waals surface area (Å²) in [4.78, 5) is 30.6. The minimum absolute atomic E-state index is 0.0416. The van der Waals surface area contributed by atoms with Crippen molar-refractivity contribution in [2.75, 3.05) is 20.2 Å². The zero-order chi connectivity index (χ0) is 29.0. The molecule has 0 radical (unpaired) electrons. The van der Waals surface area contributed by atoms with E-state index in [4.69, 9.17) is 27.9 Å². The van der Waals surface area contributed by atoms with Gasteiger partial charge < -0.3 is 15.0 Å². The van der Waals surface area contributed by atoms with E-state index in [1.165, 1.54) is 34.9 Å². The zero-order valence-corrected chi connectivity index (χ0v) is 22.5. The summed E-state index contributed by atoms with van der Waals surface area (Å²) in [6, 6.07) is 9.93. The first-order valence-electron chi connectivity index (χ1n) is 12.0. The molecule has 212 valence electrons. The summed E-state index contributed by atoms with van der Waals surface area (Å²) in [5.41, 5.74) is -0.791. The van der Waals surface area contributed by atoms with Gasteiger partial charge in [0.1, 0.15) is 11.7 Å². The van der Waals surface area contributed by atoms with E-state index >= 15 is 0 Å². The number of ether oxygens (including phenoxy) is 1. The highest BCUT2D eigenvalue weighted by atomic mass is 35.5. The molecule has 2 heterocycles. The molecule has 40 heavy (non-hydrogen) atoms. The Hall–Kier alpha value is -3.64. The van der Waals surface area contributed by atoms with Gasteiger partial charge in [-0.3, -0.25) is 9.48 Å². The van der Waals surface area contributed by atoms with Gasteiger partial charge in [0, 0.05) is 40.8 Å². The Morgan fingerprint density at radius 2 is 1.82 bits per heavy atom. The van der Waals surface area contributed by atoms with E-state index in [1.807, 2.05) is 0 Å². The number of hydrogen-bond donors (Lipinski definition) is 1. The van der Waals surface area contributed by atoms with Crippen molar-refractivity contribution >= 4 is 46.7 Å². The normalized spacial score (nSPS) is 14.8. The molecule has 0 atom stereocenters.